The van der Waals surface area contributed by atoms with E-state index in [0.717, 1.165) is 26.1 Å². The van der Waals surface area contributed by atoms with Gasteiger partial charge in [0.25, 0.3) is 5.91 Å². The third kappa shape index (κ3) is 7.84. The number of carbonyl (C=O) groups is 3. The summed E-state index contributed by atoms with van der Waals surface area (Å²) in [7, 11) is 1.30. The number of nitrogens with zero attached hydrogens (tertiary/aromatic N) is 6. The number of ether oxygens (including phenoxy) is 3. The van der Waals surface area contributed by atoms with Crippen LogP contribution in [0, 0.1) is 12.3 Å². The Morgan fingerprint density at radius 1 is 1.14 bits per heavy atom. The smallest absolute Gasteiger partial charge is 0.339 e. The Kier molecular flexibility index (Phi) is 10.5. The predicted octanol–water partition coefficient (Wildman–Crippen LogP) is 3.28. The third-order valence-electron chi connectivity index (χ3n) is 8.33. The number of benzene rings is 1. The Bertz CT molecular complexity index is 2220. The molecular weight excluding hydrogens is 678 g/mol. The van der Waals surface area contributed by atoms with Crippen molar-refractivity contribution in [2.45, 2.75) is 39.8 Å². The average molecular weight is 718 g/mol. The predicted molar refractivity (Wildman–Crippen MR) is 188 cm³/mol. The van der Waals surface area contributed by atoms with Crippen molar-refractivity contribution >= 4 is 56.4 Å². The minimum absolute atomic E-state index is 0.0850. The molecule has 2 amide bonds. The van der Waals surface area contributed by atoms with Gasteiger partial charge in [0.15, 0.2) is 17.8 Å². The average Bonchev–Trinajstić information content (AvgIpc) is 3.83. The van der Waals surface area contributed by atoms with E-state index in [-0.39, 0.29) is 23.8 Å². The summed E-state index contributed by atoms with van der Waals surface area (Å²) in [4.78, 5) is 54.1. The lowest BCUT2D eigenvalue weighted by Gasteiger charge is -2.26. The minimum Gasteiger partial charge on any atom is -0.491 e. The normalized spacial score (nSPS) is 14.4. The number of nitrogens with two attached hydrogens (primary N) is 1. The summed E-state index contributed by atoms with van der Waals surface area (Å²) in [5, 5.41) is 6.53. The number of fused-ring (bicyclic) bond motifs is 2. The number of rotatable bonds is 14. The molecule has 0 bridgehead atoms. The van der Waals surface area contributed by atoms with Gasteiger partial charge in [-0.3, -0.25) is 29.8 Å². The lowest BCUT2D eigenvalue weighted by Crippen LogP contribution is -2.37. The molecule has 0 atom stereocenters. The van der Waals surface area contributed by atoms with Crippen LogP contribution in [0.15, 0.2) is 41.0 Å². The van der Waals surface area contributed by atoms with Gasteiger partial charge >= 0.3 is 5.97 Å². The monoisotopic (exact) mass is 717 g/mol. The number of carbonyl (C=O) groups excluding carboxylic acids is 3. The van der Waals surface area contributed by atoms with Crippen LogP contribution in [-0.2, 0) is 29.0 Å². The summed E-state index contributed by atoms with van der Waals surface area (Å²) >= 11 is 1.22. The zero-order valence-corrected chi connectivity index (χ0v) is 29.3. The number of aromatic nitrogens is 5. The topological polar surface area (TPSA) is 206 Å². The number of hydrogen-bond donors (Lipinski definition) is 3. The van der Waals surface area contributed by atoms with Crippen LogP contribution < -0.4 is 20.6 Å². The van der Waals surface area contributed by atoms with E-state index in [4.69, 9.17) is 30.8 Å². The van der Waals surface area contributed by atoms with Crippen LogP contribution in [0.2, 0.25) is 1.41 Å². The number of hydrogen-bond acceptors (Lipinski definition) is 13. The molecule has 6 rings (SSSR count). The van der Waals surface area contributed by atoms with Gasteiger partial charge < -0.3 is 28.9 Å². The van der Waals surface area contributed by atoms with Crippen molar-refractivity contribution in [1.29, 1.82) is 5.40 Å². The van der Waals surface area contributed by atoms with Crippen LogP contribution >= 0.6 is 11.3 Å². The molecular formula is C34H39N9O7S. The van der Waals surface area contributed by atoms with Gasteiger partial charge in [0.05, 0.1) is 48.4 Å². The van der Waals surface area contributed by atoms with Gasteiger partial charge in [-0.1, -0.05) is 30.4 Å². The van der Waals surface area contributed by atoms with E-state index in [2.05, 4.69) is 25.6 Å². The molecule has 51 heavy (non-hydrogen) atoms. The van der Waals surface area contributed by atoms with Gasteiger partial charge in [-0.15, -0.1) is 0 Å². The molecule has 268 valence electrons. The van der Waals surface area contributed by atoms with E-state index in [1.54, 1.807) is 34.3 Å². The molecule has 0 aliphatic carbocycles. The van der Waals surface area contributed by atoms with Crippen LogP contribution in [0.25, 0.3) is 21.4 Å². The number of pyridine rings is 1. The maximum Gasteiger partial charge on any atom is 0.339 e. The largest absolute Gasteiger partial charge is 0.491 e. The summed E-state index contributed by atoms with van der Waals surface area (Å²) in [5.74, 6) is -0.658. The van der Waals surface area contributed by atoms with E-state index < -0.39 is 17.8 Å². The van der Waals surface area contributed by atoms with Crippen LogP contribution in [0.3, 0.4) is 0 Å². The Balaban J connectivity index is 1.33. The van der Waals surface area contributed by atoms with Crippen molar-refractivity contribution in [2.75, 3.05) is 51.9 Å². The number of esters is 1. The third-order valence-corrected chi connectivity index (χ3v) is 9.25. The molecule has 1 fully saturated rings. The molecule has 1 aliphatic heterocycles. The van der Waals surface area contributed by atoms with Gasteiger partial charge in [0.2, 0.25) is 17.6 Å². The molecule has 0 spiro atoms. The first-order valence-corrected chi connectivity index (χ1v) is 17.3. The zero-order chi connectivity index (χ0) is 36.8. The van der Waals surface area contributed by atoms with Crippen LogP contribution in [-0.4, -0.2) is 93.3 Å². The molecule has 5 heterocycles. The first kappa shape index (κ1) is 34.1. The number of allylic oxidation sites excluding steroid dienone is 2. The highest BCUT2D eigenvalue weighted by molar-refractivity contribution is 7.16. The summed E-state index contributed by atoms with van der Waals surface area (Å²) in [6.45, 7) is 8.36. The van der Waals surface area contributed by atoms with Crippen molar-refractivity contribution in [1.82, 2.24) is 29.0 Å². The van der Waals surface area contributed by atoms with Crippen LogP contribution in [0.1, 0.15) is 56.2 Å². The molecule has 1 aromatic carbocycles. The van der Waals surface area contributed by atoms with Crippen molar-refractivity contribution in [3.8, 4) is 5.75 Å². The van der Waals surface area contributed by atoms with Crippen molar-refractivity contribution in [2.24, 2.45) is 5.73 Å². The van der Waals surface area contributed by atoms with Gasteiger partial charge in [-0.2, -0.15) is 0 Å². The van der Waals surface area contributed by atoms with E-state index in [1.165, 1.54) is 24.6 Å². The zero-order valence-electron chi connectivity index (χ0n) is 29.5. The van der Waals surface area contributed by atoms with Gasteiger partial charge in [-0.25, -0.2) is 19.7 Å². The highest BCUT2D eigenvalue weighted by atomic mass is 32.1. The molecule has 5 aromatic rings. The molecule has 16 nitrogen and oxygen atoms in total. The Hall–Kier alpha value is -5.39. The molecule has 1 saturated heterocycles. The van der Waals surface area contributed by atoms with Gasteiger partial charge in [-0.05, 0) is 31.0 Å². The van der Waals surface area contributed by atoms with Crippen LogP contribution in [0.4, 0.5) is 5.95 Å². The number of thiazole rings is 1. The Morgan fingerprint density at radius 3 is 2.65 bits per heavy atom. The van der Waals surface area contributed by atoms with E-state index in [0.29, 0.717) is 81.9 Å². The highest BCUT2D eigenvalue weighted by Crippen LogP contribution is 2.32. The number of amides is 2. The number of nitrogens with one attached hydrogen (secondary N) is 2. The number of oxazole rings is 1. The standard InChI is InChI=1S/C34H39N9O7S/c1-4-23-28(50-20(2)38-23)31(45)40-34-39-24-16-21(29(35)44)17-25(49-13-7-8-41-11-14-48-15-12-41)27(24)42(34)9-5-6-10-43-30-26(51-33(43)36)18-22(19-37-30)32(46)47-3/h5-6,16-19,36H,4,7-15H2,1-3H3,(H2,35,44)(H,39,40,45)/b6-5?,36-33+. The number of primary amides is 1. The second kappa shape index (κ2) is 15.7. The van der Waals surface area contributed by atoms with Crippen LogP contribution in [0.5, 0.6) is 5.75 Å². The maximum atomic E-state index is 13.5. The SMILES string of the molecule is [H]/N=c1/sc2cc(C(=O)OC)cnc2n1CC=CCn1c(NC(=O)c2oc(C)nc2CC)nc2cc(C(N)=O)cc(OCCCN3CCOCC3)c21. The lowest BCUT2D eigenvalue weighted by atomic mass is 10.1. The van der Waals surface area contributed by atoms with E-state index >= 15 is 0 Å². The summed E-state index contributed by atoms with van der Waals surface area (Å²) < 4.78 is 34.1. The Morgan fingerprint density at radius 2 is 1.92 bits per heavy atom. The van der Waals surface area contributed by atoms with Gasteiger partial charge in [0, 0.05) is 51.4 Å². The molecule has 4 N–H and O–H groups in total. The minimum atomic E-state index is -0.646. The first-order chi connectivity index (χ1) is 25.2. The Labute approximate surface area is 297 Å². The number of morpholine rings is 1. The second-order valence-corrected chi connectivity index (χ2v) is 12.7. The molecule has 0 unspecified atom stereocenters. The van der Waals surface area contributed by atoms with Gasteiger partial charge in [0.1, 0.15) is 11.3 Å². The highest BCUT2D eigenvalue weighted by Gasteiger charge is 2.23. The molecule has 0 saturated carbocycles. The second-order valence-electron chi connectivity index (χ2n) is 11.7. The fourth-order valence-corrected chi connectivity index (χ4v) is 6.72. The fourth-order valence-electron chi connectivity index (χ4n) is 5.81. The maximum absolute atomic E-state index is 13.5. The number of aryl methyl sites for hydroxylation is 2. The molecule has 0 radical (unpaired) electrons. The lowest BCUT2D eigenvalue weighted by molar-refractivity contribution is 0.0358. The summed E-state index contributed by atoms with van der Waals surface area (Å²) in [5.41, 5.74) is 8.22. The number of imidazole rings is 1. The van der Waals surface area contributed by atoms with E-state index in [9.17, 15) is 14.4 Å². The summed E-state index contributed by atoms with van der Waals surface area (Å²) in [6, 6.07) is 4.81. The van der Waals surface area contributed by atoms with E-state index in [1.807, 2.05) is 19.1 Å². The quantitative estimate of drug-likeness (QED) is 0.0863. The van der Waals surface area contributed by atoms with Crippen molar-refractivity contribution < 1.29 is 34.4 Å². The number of methoxy groups -OCH3 is 1. The van der Waals surface area contributed by atoms with Crippen molar-refractivity contribution in [3.05, 3.63) is 69.8 Å². The summed E-state index contributed by atoms with van der Waals surface area (Å²) in [6.07, 6.45) is 6.37. The van der Waals surface area contributed by atoms with Crippen molar-refractivity contribution in [3.63, 3.8) is 0 Å². The first-order valence-electron chi connectivity index (χ1n) is 16.9. The molecule has 4 aromatic heterocycles. The fraction of sp³-hybridized carbons (Fsp3) is 0.382. The molecule has 1 aliphatic rings. The molecule has 17 heteroatoms. The number of anilines is 1.